The van der Waals surface area contributed by atoms with Gasteiger partial charge in [0.05, 0.1) is 12.8 Å². The minimum Gasteiger partial charge on any atom is -0.468 e. The van der Waals surface area contributed by atoms with Gasteiger partial charge in [-0.25, -0.2) is 0 Å². The zero-order chi connectivity index (χ0) is 10.1. The molecular weight excluding hydrogens is 162 g/mol. The number of hydrogen-bond donors (Lipinski definition) is 0. The second kappa shape index (κ2) is 3.54. The van der Waals surface area contributed by atoms with Crippen molar-refractivity contribution in [1.29, 1.82) is 0 Å². The quantitative estimate of drug-likeness (QED) is 0.697. The van der Waals surface area contributed by atoms with E-state index in [1.54, 1.807) is 6.26 Å². The first-order chi connectivity index (χ1) is 5.91. The summed E-state index contributed by atoms with van der Waals surface area (Å²) in [6.45, 7) is 7.49. The summed E-state index contributed by atoms with van der Waals surface area (Å²) in [6.07, 6.45) is 1.78. The molecule has 13 heavy (non-hydrogen) atoms. The summed E-state index contributed by atoms with van der Waals surface area (Å²) in [7, 11) is 4.10. The van der Waals surface area contributed by atoms with E-state index in [1.165, 1.54) is 5.56 Å². The lowest BCUT2D eigenvalue weighted by atomic mass is 9.87. The van der Waals surface area contributed by atoms with Crippen LogP contribution in [0, 0.1) is 0 Å². The first-order valence-electron chi connectivity index (χ1n) is 4.63. The van der Waals surface area contributed by atoms with Crippen LogP contribution in [0.4, 0.5) is 0 Å². The third-order valence-corrected chi connectivity index (χ3v) is 2.01. The maximum Gasteiger partial charge on any atom is 0.121 e. The number of hydrogen-bond acceptors (Lipinski definition) is 2. The predicted octanol–water partition coefficient (Wildman–Crippen LogP) is 2.64. The Hall–Kier alpha value is -0.760. The topological polar surface area (TPSA) is 16.4 Å². The molecule has 2 nitrogen and oxygen atoms in total. The van der Waals surface area contributed by atoms with Gasteiger partial charge in [-0.3, -0.25) is 0 Å². The van der Waals surface area contributed by atoms with Crippen LogP contribution in [-0.2, 0) is 12.0 Å². The molecule has 1 aromatic rings. The molecule has 2 heteroatoms. The first-order valence-corrected chi connectivity index (χ1v) is 4.63. The van der Waals surface area contributed by atoms with Crippen molar-refractivity contribution in [3.05, 3.63) is 23.7 Å². The van der Waals surface area contributed by atoms with E-state index in [4.69, 9.17) is 4.42 Å². The molecule has 0 atom stereocenters. The summed E-state index contributed by atoms with van der Waals surface area (Å²) in [5.41, 5.74) is 1.49. The van der Waals surface area contributed by atoms with Crippen molar-refractivity contribution in [3.8, 4) is 0 Å². The van der Waals surface area contributed by atoms with Crippen LogP contribution in [-0.4, -0.2) is 19.0 Å². The molecule has 0 unspecified atom stereocenters. The summed E-state index contributed by atoms with van der Waals surface area (Å²) in [5.74, 6) is 1.08. The van der Waals surface area contributed by atoms with Gasteiger partial charge < -0.3 is 9.32 Å². The van der Waals surface area contributed by atoms with E-state index in [0.717, 1.165) is 12.3 Å². The Morgan fingerprint density at radius 2 is 1.92 bits per heavy atom. The Morgan fingerprint density at radius 1 is 1.31 bits per heavy atom. The number of furan rings is 1. The molecule has 0 fully saturated rings. The lowest BCUT2D eigenvalue weighted by Crippen LogP contribution is -2.17. The maximum absolute atomic E-state index is 5.46. The minimum atomic E-state index is 0.179. The van der Waals surface area contributed by atoms with E-state index in [-0.39, 0.29) is 5.41 Å². The number of nitrogens with zero attached hydrogens (tertiary/aromatic N) is 1. The zero-order valence-electron chi connectivity index (χ0n) is 9.22. The predicted molar refractivity (Wildman–Crippen MR) is 54.8 cm³/mol. The fraction of sp³-hybridized carbons (Fsp3) is 0.636. The molecule has 1 heterocycles. The molecule has 0 aliphatic rings. The van der Waals surface area contributed by atoms with Crippen LogP contribution in [0.2, 0.25) is 0 Å². The normalized spacial score (nSPS) is 12.5. The molecule has 0 aromatic carbocycles. The summed E-state index contributed by atoms with van der Waals surface area (Å²) in [4.78, 5) is 2.12. The molecule has 0 radical (unpaired) electrons. The SMILES string of the molecule is CN(C)Cc1occc1C(C)(C)C. The summed E-state index contributed by atoms with van der Waals surface area (Å²) in [6, 6.07) is 2.07. The average molecular weight is 181 g/mol. The van der Waals surface area contributed by atoms with Crippen LogP contribution >= 0.6 is 0 Å². The van der Waals surface area contributed by atoms with Gasteiger partial charge in [0, 0.05) is 5.56 Å². The van der Waals surface area contributed by atoms with Crippen molar-refractivity contribution in [2.24, 2.45) is 0 Å². The largest absolute Gasteiger partial charge is 0.468 e. The van der Waals surface area contributed by atoms with Crippen LogP contribution in [0.25, 0.3) is 0 Å². The molecule has 0 aliphatic carbocycles. The molecule has 0 saturated carbocycles. The molecule has 0 spiro atoms. The minimum absolute atomic E-state index is 0.179. The number of rotatable bonds is 2. The van der Waals surface area contributed by atoms with Crippen LogP contribution in [0.15, 0.2) is 16.7 Å². The lowest BCUT2D eigenvalue weighted by Gasteiger charge is -2.19. The molecule has 0 N–H and O–H groups in total. The fourth-order valence-corrected chi connectivity index (χ4v) is 1.42. The van der Waals surface area contributed by atoms with Crippen molar-refractivity contribution in [2.45, 2.75) is 32.7 Å². The van der Waals surface area contributed by atoms with Crippen molar-refractivity contribution in [1.82, 2.24) is 4.90 Å². The summed E-state index contributed by atoms with van der Waals surface area (Å²) < 4.78 is 5.46. The third kappa shape index (κ3) is 2.59. The van der Waals surface area contributed by atoms with Crippen molar-refractivity contribution in [3.63, 3.8) is 0 Å². The van der Waals surface area contributed by atoms with Crippen LogP contribution in [0.3, 0.4) is 0 Å². The summed E-state index contributed by atoms with van der Waals surface area (Å²) >= 11 is 0. The van der Waals surface area contributed by atoms with E-state index in [2.05, 4.69) is 45.8 Å². The average Bonchev–Trinajstić information content (AvgIpc) is 2.31. The van der Waals surface area contributed by atoms with Gasteiger partial charge in [-0.2, -0.15) is 0 Å². The van der Waals surface area contributed by atoms with Crippen LogP contribution in [0.1, 0.15) is 32.1 Å². The molecule has 0 amide bonds. The van der Waals surface area contributed by atoms with Crippen LogP contribution in [0.5, 0.6) is 0 Å². The highest BCUT2D eigenvalue weighted by atomic mass is 16.3. The van der Waals surface area contributed by atoms with Gasteiger partial charge in [-0.15, -0.1) is 0 Å². The van der Waals surface area contributed by atoms with Gasteiger partial charge in [-0.05, 0) is 25.6 Å². The van der Waals surface area contributed by atoms with Crippen molar-refractivity contribution < 1.29 is 4.42 Å². The summed E-state index contributed by atoms with van der Waals surface area (Å²) in [5, 5.41) is 0. The third-order valence-electron chi connectivity index (χ3n) is 2.01. The maximum atomic E-state index is 5.46. The van der Waals surface area contributed by atoms with E-state index >= 15 is 0 Å². The van der Waals surface area contributed by atoms with E-state index < -0.39 is 0 Å². The highest BCUT2D eigenvalue weighted by Gasteiger charge is 2.20. The van der Waals surface area contributed by atoms with Gasteiger partial charge in [0.25, 0.3) is 0 Å². The Bertz CT molecular complexity index is 268. The molecule has 1 aromatic heterocycles. The van der Waals surface area contributed by atoms with E-state index in [1.807, 2.05) is 0 Å². The Balaban J connectivity index is 2.90. The van der Waals surface area contributed by atoms with E-state index in [0.29, 0.717) is 0 Å². The second-order valence-corrected chi connectivity index (χ2v) is 4.75. The monoisotopic (exact) mass is 181 g/mol. The standard InChI is InChI=1S/C11H19NO/c1-11(2,3)9-6-7-13-10(9)8-12(4)5/h6-7H,8H2,1-5H3. The lowest BCUT2D eigenvalue weighted by molar-refractivity contribution is 0.343. The highest BCUT2D eigenvalue weighted by molar-refractivity contribution is 5.25. The first kappa shape index (κ1) is 10.3. The van der Waals surface area contributed by atoms with Crippen LogP contribution < -0.4 is 0 Å². The van der Waals surface area contributed by atoms with Gasteiger partial charge in [0.1, 0.15) is 5.76 Å². The van der Waals surface area contributed by atoms with Gasteiger partial charge >= 0.3 is 0 Å². The molecule has 0 saturated heterocycles. The zero-order valence-corrected chi connectivity index (χ0v) is 9.22. The Morgan fingerprint density at radius 3 is 2.38 bits per heavy atom. The van der Waals surface area contributed by atoms with Gasteiger partial charge in [0.15, 0.2) is 0 Å². The fourth-order valence-electron chi connectivity index (χ4n) is 1.42. The molecule has 0 bridgehead atoms. The highest BCUT2D eigenvalue weighted by Crippen LogP contribution is 2.27. The molecule has 74 valence electrons. The molecular formula is C11H19NO. The smallest absolute Gasteiger partial charge is 0.121 e. The molecule has 1 rings (SSSR count). The Kier molecular flexibility index (Phi) is 2.81. The van der Waals surface area contributed by atoms with Gasteiger partial charge in [0.2, 0.25) is 0 Å². The second-order valence-electron chi connectivity index (χ2n) is 4.75. The van der Waals surface area contributed by atoms with Crippen molar-refractivity contribution >= 4 is 0 Å². The van der Waals surface area contributed by atoms with Crippen molar-refractivity contribution in [2.75, 3.05) is 14.1 Å². The Labute approximate surface area is 80.5 Å². The molecule has 0 aliphatic heterocycles. The van der Waals surface area contributed by atoms with E-state index in [9.17, 15) is 0 Å². The van der Waals surface area contributed by atoms with Gasteiger partial charge in [-0.1, -0.05) is 20.8 Å².